The second-order valence-electron chi connectivity index (χ2n) is 5.35. The van der Waals surface area contributed by atoms with Crippen molar-refractivity contribution in [1.82, 2.24) is 5.32 Å². The molecule has 0 unspecified atom stereocenters. The summed E-state index contributed by atoms with van der Waals surface area (Å²) in [7, 11) is 0. The minimum absolute atomic E-state index is 0.0753. The van der Waals surface area contributed by atoms with Crippen LogP contribution in [0.3, 0.4) is 0 Å². The van der Waals surface area contributed by atoms with Crippen molar-refractivity contribution in [2.75, 3.05) is 11.5 Å². The van der Waals surface area contributed by atoms with E-state index < -0.39 is 0 Å². The standard InChI is InChI=1S/C18H18FNOS2/c19-13-5-7-14(8-6-13)22-12-10-18(21)20-16-9-11-23-17-4-2-1-3-15(16)17/h1-8,16H,9-12H2,(H,20,21)/t16-/m0/s1. The molecule has 23 heavy (non-hydrogen) atoms. The van der Waals surface area contributed by atoms with E-state index in [4.69, 9.17) is 0 Å². The molecule has 120 valence electrons. The zero-order valence-corrected chi connectivity index (χ0v) is 14.3. The largest absolute Gasteiger partial charge is 0.349 e. The number of hydrogen-bond acceptors (Lipinski definition) is 3. The minimum atomic E-state index is -0.235. The molecule has 3 rings (SSSR count). The predicted octanol–water partition coefficient (Wildman–Crippen LogP) is 4.66. The Bertz CT molecular complexity index is 675. The van der Waals surface area contributed by atoms with E-state index >= 15 is 0 Å². The van der Waals surface area contributed by atoms with Gasteiger partial charge in [-0.2, -0.15) is 0 Å². The first kappa shape index (κ1) is 16.4. The van der Waals surface area contributed by atoms with Gasteiger partial charge in [0.15, 0.2) is 0 Å². The van der Waals surface area contributed by atoms with E-state index in [1.165, 1.54) is 22.6 Å². The third kappa shape index (κ3) is 4.52. The quantitative estimate of drug-likeness (QED) is 0.798. The first-order valence-corrected chi connectivity index (χ1v) is 9.59. The molecule has 1 atom stereocenters. The van der Waals surface area contributed by atoms with Crippen molar-refractivity contribution in [1.29, 1.82) is 0 Å². The van der Waals surface area contributed by atoms with E-state index in [2.05, 4.69) is 17.4 Å². The Labute approximate surface area is 144 Å². The van der Waals surface area contributed by atoms with Crippen LogP contribution in [-0.4, -0.2) is 17.4 Å². The lowest BCUT2D eigenvalue weighted by Gasteiger charge is -2.25. The van der Waals surface area contributed by atoms with E-state index in [1.807, 2.05) is 23.9 Å². The second kappa shape index (κ2) is 7.88. The van der Waals surface area contributed by atoms with Crippen molar-refractivity contribution in [2.45, 2.75) is 28.7 Å². The number of hydrogen-bond donors (Lipinski definition) is 1. The normalized spacial score (nSPS) is 16.7. The lowest BCUT2D eigenvalue weighted by molar-refractivity contribution is -0.121. The van der Waals surface area contributed by atoms with Crippen molar-refractivity contribution < 1.29 is 9.18 Å². The SMILES string of the molecule is O=C(CCSc1ccc(F)cc1)N[C@H]1CCSc2ccccc21. The molecule has 0 aromatic heterocycles. The molecule has 1 aliphatic rings. The van der Waals surface area contributed by atoms with Gasteiger partial charge in [0.25, 0.3) is 0 Å². The molecule has 0 radical (unpaired) electrons. The summed E-state index contributed by atoms with van der Waals surface area (Å²) >= 11 is 3.42. The summed E-state index contributed by atoms with van der Waals surface area (Å²) in [6, 6.07) is 14.8. The van der Waals surface area contributed by atoms with Crippen LogP contribution in [0.15, 0.2) is 58.3 Å². The molecule has 1 heterocycles. The van der Waals surface area contributed by atoms with E-state index in [1.54, 1.807) is 23.9 Å². The van der Waals surface area contributed by atoms with Crippen LogP contribution in [0.2, 0.25) is 0 Å². The Morgan fingerprint density at radius 3 is 2.83 bits per heavy atom. The van der Waals surface area contributed by atoms with E-state index in [0.717, 1.165) is 17.1 Å². The van der Waals surface area contributed by atoms with Gasteiger partial charge in [-0.15, -0.1) is 23.5 Å². The molecule has 2 aromatic carbocycles. The fraction of sp³-hybridized carbons (Fsp3) is 0.278. The molecule has 2 aromatic rings. The molecular formula is C18H18FNOS2. The lowest BCUT2D eigenvalue weighted by atomic mass is 10.0. The summed E-state index contributed by atoms with van der Waals surface area (Å²) in [5, 5.41) is 3.14. The van der Waals surface area contributed by atoms with Gasteiger partial charge in [0.05, 0.1) is 6.04 Å². The summed E-state index contributed by atoms with van der Waals surface area (Å²) in [5.41, 5.74) is 1.23. The van der Waals surface area contributed by atoms with Gasteiger partial charge in [0.2, 0.25) is 5.91 Å². The highest BCUT2D eigenvalue weighted by atomic mass is 32.2. The van der Waals surface area contributed by atoms with Crippen molar-refractivity contribution in [3.63, 3.8) is 0 Å². The Kier molecular flexibility index (Phi) is 5.62. The third-order valence-corrected chi connectivity index (χ3v) is 5.84. The van der Waals surface area contributed by atoms with Crippen molar-refractivity contribution in [2.24, 2.45) is 0 Å². The molecule has 1 aliphatic heterocycles. The van der Waals surface area contributed by atoms with Gasteiger partial charge in [-0.3, -0.25) is 4.79 Å². The maximum absolute atomic E-state index is 12.8. The highest BCUT2D eigenvalue weighted by molar-refractivity contribution is 7.99. The molecular weight excluding hydrogens is 329 g/mol. The number of carbonyl (C=O) groups excluding carboxylic acids is 1. The first-order valence-electron chi connectivity index (χ1n) is 7.62. The number of fused-ring (bicyclic) bond motifs is 1. The maximum atomic E-state index is 12.8. The third-order valence-electron chi connectivity index (χ3n) is 3.71. The minimum Gasteiger partial charge on any atom is -0.349 e. The second-order valence-corrected chi connectivity index (χ2v) is 7.65. The number of rotatable bonds is 5. The Balaban J connectivity index is 1.49. The Morgan fingerprint density at radius 2 is 2.00 bits per heavy atom. The smallest absolute Gasteiger partial charge is 0.221 e. The fourth-order valence-electron chi connectivity index (χ4n) is 2.55. The van der Waals surface area contributed by atoms with Gasteiger partial charge in [0.1, 0.15) is 5.82 Å². The van der Waals surface area contributed by atoms with Crippen molar-refractivity contribution in [3.05, 3.63) is 59.9 Å². The zero-order chi connectivity index (χ0) is 16.1. The van der Waals surface area contributed by atoms with Crippen molar-refractivity contribution >= 4 is 29.4 Å². The summed E-state index contributed by atoms with van der Waals surface area (Å²) in [5.74, 6) is 1.57. The maximum Gasteiger partial charge on any atom is 0.221 e. The Morgan fingerprint density at radius 1 is 1.22 bits per heavy atom. The topological polar surface area (TPSA) is 29.1 Å². The summed E-state index contributed by atoms with van der Waals surface area (Å²) in [4.78, 5) is 14.4. The summed E-state index contributed by atoms with van der Waals surface area (Å²) < 4.78 is 12.8. The number of halogens is 1. The highest BCUT2D eigenvalue weighted by Gasteiger charge is 2.21. The molecule has 0 spiro atoms. The van der Waals surface area contributed by atoms with Crippen molar-refractivity contribution in [3.8, 4) is 0 Å². The number of nitrogens with one attached hydrogen (secondary N) is 1. The first-order chi connectivity index (χ1) is 11.2. The highest BCUT2D eigenvalue weighted by Crippen LogP contribution is 2.35. The molecule has 0 aliphatic carbocycles. The van der Waals surface area contributed by atoms with Gasteiger partial charge in [-0.25, -0.2) is 4.39 Å². The lowest BCUT2D eigenvalue weighted by Crippen LogP contribution is -2.30. The molecule has 0 fully saturated rings. The van der Waals surface area contributed by atoms with Crippen LogP contribution in [0.25, 0.3) is 0 Å². The number of carbonyl (C=O) groups is 1. The number of benzene rings is 2. The van der Waals surface area contributed by atoms with Crippen LogP contribution in [0.5, 0.6) is 0 Å². The molecule has 0 saturated heterocycles. The molecule has 1 amide bonds. The molecule has 5 heteroatoms. The number of amides is 1. The number of thioether (sulfide) groups is 2. The average molecular weight is 347 g/mol. The van der Waals surface area contributed by atoms with Gasteiger partial charge in [-0.05, 0) is 42.3 Å². The summed E-state index contributed by atoms with van der Waals surface area (Å²) in [6.45, 7) is 0. The predicted molar refractivity (Wildman–Crippen MR) is 94.4 cm³/mol. The molecule has 1 N–H and O–H groups in total. The summed E-state index contributed by atoms with van der Waals surface area (Å²) in [6.07, 6.45) is 1.44. The van der Waals surface area contributed by atoms with Gasteiger partial charge >= 0.3 is 0 Å². The van der Waals surface area contributed by atoms with E-state index in [9.17, 15) is 9.18 Å². The van der Waals surface area contributed by atoms with Crippen LogP contribution in [0.4, 0.5) is 4.39 Å². The zero-order valence-electron chi connectivity index (χ0n) is 12.6. The molecule has 0 saturated carbocycles. The van der Waals surface area contributed by atoms with E-state index in [0.29, 0.717) is 12.2 Å². The molecule has 0 bridgehead atoms. The average Bonchev–Trinajstić information content (AvgIpc) is 2.57. The van der Waals surface area contributed by atoms with Crippen LogP contribution < -0.4 is 5.32 Å². The van der Waals surface area contributed by atoms with Crippen LogP contribution in [0, 0.1) is 5.82 Å². The fourth-order valence-corrected chi connectivity index (χ4v) is 4.53. The monoisotopic (exact) mass is 347 g/mol. The van der Waals surface area contributed by atoms with Gasteiger partial charge in [0, 0.05) is 27.7 Å². The van der Waals surface area contributed by atoms with Gasteiger partial charge in [-0.1, -0.05) is 18.2 Å². The van der Waals surface area contributed by atoms with Crippen LogP contribution >= 0.6 is 23.5 Å². The van der Waals surface area contributed by atoms with Crippen LogP contribution in [0.1, 0.15) is 24.4 Å². The van der Waals surface area contributed by atoms with E-state index in [-0.39, 0.29) is 17.8 Å². The Hall–Kier alpha value is -1.46. The molecule has 2 nitrogen and oxygen atoms in total. The van der Waals surface area contributed by atoms with Gasteiger partial charge < -0.3 is 5.32 Å². The van der Waals surface area contributed by atoms with Crippen LogP contribution in [-0.2, 0) is 4.79 Å².